The molecule has 5 rings (SSSR count). The highest BCUT2D eigenvalue weighted by Gasteiger charge is 2.34. The zero-order chi connectivity index (χ0) is 24.5. The van der Waals surface area contributed by atoms with Crippen molar-refractivity contribution in [2.75, 3.05) is 37.6 Å². The maximum Gasteiger partial charge on any atom is 0.261 e. The van der Waals surface area contributed by atoms with Crippen molar-refractivity contribution in [1.29, 1.82) is 0 Å². The van der Waals surface area contributed by atoms with Crippen LogP contribution in [0, 0.1) is 13.8 Å². The highest BCUT2D eigenvalue weighted by Crippen LogP contribution is 2.28. The molecule has 2 aliphatic rings. The molecule has 2 aromatic carbocycles. The third-order valence-electron chi connectivity index (χ3n) is 6.85. The van der Waals surface area contributed by atoms with Crippen LogP contribution in [0.1, 0.15) is 44.9 Å². The van der Waals surface area contributed by atoms with E-state index >= 15 is 0 Å². The summed E-state index contributed by atoms with van der Waals surface area (Å²) in [6.45, 7) is 7.13. The number of carbonyl (C=O) groups is 3. The van der Waals surface area contributed by atoms with E-state index < -0.39 is 0 Å². The lowest BCUT2D eigenvalue weighted by molar-refractivity contribution is -0.131. The van der Waals surface area contributed by atoms with Crippen LogP contribution in [-0.4, -0.2) is 70.0 Å². The minimum absolute atomic E-state index is 0.0645. The van der Waals surface area contributed by atoms with Crippen molar-refractivity contribution in [1.82, 2.24) is 19.6 Å². The fourth-order valence-electron chi connectivity index (χ4n) is 5.08. The number of rotatable bonds is 6. The first-order valence-electron chi connectivity index (χ1n) is 12.1. The number of carbonyl (C=O) groups excluding carboxylic acids is 3. The number of hydrogen-bond donors (Lipinski definition) is 0. The van der Waals surface area contributed by atoms with Crippen molar-refractivity contribution in [2.45, 2.75) is 26.7 Å². The third kappa shape index (κ3) is 4.20. The topological polar surface area (TPSA) is 78.8 Å². The minimum atomic E-state index is -0.270. The number of piperazine rings is 1. The maximum absolute atomic E-state index is 12.8. The molecule has 0 aliphatic carbocycles. The summed E-state index contributed by atoms with van der Waals surface area (Å²) in [4.78, 5) is 43.3. The molecule has 3 heterocycles. The first kappa shape index (κ1) is 22.8. The van der Waals surface area contributed by atoms with Crippen molar-refractivity contribution < 1.29 is 14.4 Å². The molecule has 0 bridgehead atoms. The fourth-order valence-corrected chi connectivity index (χ4v) is 5.08. The Bertz CT molecular complexity index is 1240. The van der Waals surface area contributed by atoms with Crippen LogP contribution in [0.25, 0.3) is 5.69 Å². The van der Waals surface area contributed by atoms with Gasteiger partial charge in [0, 0.05) is 39.1 Å². The second-order valence-corrected chi connectivity index (χ2v) is 9.05. The number of amides is 3. The average molecular weight is 472 g/mol. The molecule has 3 aromatic rings. The summed E-state index contributed by atoms with van der Waals surface area (Å²) < 4.78 is 1.97. The summed E-state index contributed by atoms with van der Waals surface area (Å²) in [5.74, 6) is -0.475. The van der Waals surface area contributed by atoms with Crippen molar-refractivity contribution >= 4 is 23.4 Å². The number of benzene rings is 2. The van der Waals surface area contributed by atoms with E-state index in [2.05, 4.69) is 11.8 Å². The monoisotopic (exact) mass is 471 g/mol. The molecule has 1 fully saturated rings. The van der Waals surface area contributed by atoms with Crippen LogP contribution in [0.2, 0.25) is 0 Å². The van der Waals surface area contributed by atoms with Gasteiger partial charge in [0.05, 0.1) is 33.9 Å². The van der Waals surface area contributed by atoms with Gasteiger partial charge in [0.25, 0.3) is 11.8 Å². The minimum Gasteiger partial charge on any atom is -0.365 e. The summed E-state index contributed by atoms with van der Waals surface area (Å²) in [6.07, 6.45) is 0.782. The normalized spacial score (nSPS) is 15.7. The molecule has 35 heavy (non-hydrogen) atoms. The van der Waals surface area contributed by atoms with Gasteiger partial charge >= 0.3 is 0 Å². The first-order chi connectivity index (χ1) is 17.0. The molecule has 0 N–H and O–H groups in total. The molecule has 0 saturated carbocycles. The van der Waals surface area contributed by atoms with Gasteiger partial charge in [-0.1, -0.05) is 30.3 Å². The van der Waals surface area contributed by atoms with Crippen LogP contribution in [0.3, 0.4) is 0 Å². The molecule has 0 atom stereocenters. The summed E-state index contributed by atoms with van der Waals surface area (Å²) in [5.41, 5.74) is 5.13. The molecule has 0 spiro atoms. The first-order valence-corrected chi connectivity index (χ1v) is 12.1. The van der Waals surface area contributed by atoms with Gasteiger partial charge in [-0.25, -0.2) is 4.68 Å². The van der Waals surface area contributed by atoms with Crippen molar-refractivity contribution in [3.63, 3.8) is 0 Å². The second-order valence-electron chi connectivity index (χ2n) is 9.05. The Labute approximate surface area is 204 Å². The number of nitrogens with zero attached hydrogens (tertiary/aromatic N) is 5. The lowest BCUT2D eigenvalue weighted by Gasteiger charge is -2.36. The van der Waals surface area contributed by atoms with Crippen LogP contribution < -0.4 is 4.90 Å². The largest absolute Gasteiger partial charge is 0.365 e. The summed E-state index contributed by atoms with van der Waals surface area (Å²) in [7, 11) is 0. The number of hydrogen-bond acceptors (Lipinski definition) is 5. The Morgan fingerprint density at radius 2 is 1.46 bits per heavy atom. The molecular weight excluding hydrogens is 442 g/mol. The number of aromatic nitrogens is 2. The summed E-state index contributed by atoms with van der Waals surface area (Å²) >= 11 is 0. The van der Waals surface area contributed by atoms with Gasteiger partial charge in [-0.2, -0.15) is 5.10 Å². The molecule has 1 aromatic heterocycles. The third-order valence-corrected chi connectivity index (χ3v) is 6.85. The Morgan fingerprint density at radius 3 is 2.09 bits per heavy atom. The van der Waals surface area contributed by atoms with Gasteiger partial charge in [0.15, 0.2) is 0 Å². The van der Waals surface area contributed by atoms with E-state index in [0.717, 1.165) is 35.9 Å². The van der Waals surface area contributed by atoms with Gasteiger partial charge in [0.2, 0.25) is 5.91 Å². The van der Waals surface area contributed by atoms with Crippen LogP contribution in [0.4, 0.5) is 5.69 Å². The molecule has 1 saturated heterocycles. The van der Waals surface area contributed by atoms with E-state index in [9.17, 15) is 14.4 Å². The zero-order valence-electron chi connectivity index (χ0n) is 20.1. The molecule has 0 radical (unpaired) electrons. The molecule has 2 aliphatic heterocycles. The second kappa shape index (κ2) is 9.37. The van der Waals surface area contributed by atoms with E-state index in [1.807, 2.05) is 46.8 Å². The standard InChI is InChI=1S/C27H29N5O3/c1-19-25(20(2)32(28-19)21-9-4-3-5-10-21)30-17-15-29(16-18-30)24(33)13-8-14-31-26(34)22-11-6-7-12-23(22)27(31)35/h3-7,9-12H,8,13-18H2,1-2H3. The van der Waals surface area contributed by atoms with Crippen LogP contribution in [-0.2, 0) is 4.79 Å². The highest BCUT2D eigenvalue weighted by atomic mass is 16.2. The van der Waals surface area contributed by atoms with E-state index in [-0.39, 0.29) is 24.3 Å². The van der Waals surface area contributed by atoms with Crippen molar-refractivity contribution in [3.05, 3.63) is 77.1 Å². The summed E-state index contributed by atoms with van der Waals surface area (Å²) in [5, 5.41) is 4.75. The fraction of sp³-hybridized carbons (Fsp3) is 0.333. The Kier molecular flexibility index (Phi) is 6.11. The molecule has 3 amide bonds. The lowest BCUT2D eigenvalue weighted by atomic mass is 10.1. The Balaban J connectivity index is 1.15. The van der Waals surface area contributed by atoms with Gasteiger partial charge in [-0.05, 0) is 44.5 Å². The number of aryl methyl sites for hydroxylation is 1. The van der Waals surface area contributed by atoms with Gasteiger partial charge < -0.3 is 9.80 Å². The van der Waals surface area contributed by atoms with E-state index in [1.165, 1.54) is 4.90 Å². The van der Waals surface area contributed by atoms with Gasteiger partial charge in [-0.15, -0.1) is 0 Å². The van der Waals surface area contributed by atoms with E-state index in [1.54, 1.807) is 24.3 Å². The highest BCUT2D eigenvalue weighted by molar-refractivity contribution is 6.21. The average Bonchev–Trinajstić information content (AvgIpc) is 3.32. The van der Waals surface area contributed by atoms with Crippen molar-refractivity contribution in [2.24, 2.45) is 0 Å². The quantitative estimate of drug-likeness (QED) is 0.516. The molecule has 8 nitrogen and oxygen atoms in total. The van der Waals surface area contributed by atoms with Crippen LogP contribution >= 0.6 is 0 Å². The molecule has 180 valence electrons. The number of fused-ring (bicyclic) bond motifs is 1. The van der Waals surface area contributed by atoms with E-state index in [0.29, 0.717) is 37.1 Å². The van der Waals surface area contributed by atoms with Crippen molar-refractivity contribution in [3.8, 4) is 5.69 Å². The van der Waals surface area contributed by atoms with Gasteiger partial charge in [0.1, 0.15) is 0 Å². The Morgan fingerprint density at radius 1 is 0.857 bits per heavy atom. The molecule has 0 unspecified atom stereocenters. The van der Waals surface area contributed by atoms with Crippen LogP contribution in [0.15, 0.2) is 54.6 Å². The SMILES string of the molecule is Cc1nn(-c2ccccc2)c(C)c1N1CCN(C(=O)CCCN2C(=O)c3ccccc3C2=O)CC1. The predicted octanol–water partition coefficient (Wildman–Crippen LogP) is 3.21. The predicted molar refractivity (Wildman–Crippen MR) is 133 cm³/mol. The number of para-hydroxylation sites is 1. The smallest absolute Gasteiger partial charge is 0.261 e. The molecule has 8 heteroatoms. The summed E-state index contributed by atoms with van der Waals surface area (Å²) in [6, 6.07) is 16.9. The van der Waals surface area contributed by atoms with E-state index in [4.69, 9.17) is 5.10 Å². The Hall–Kier alpha value is -3.94. The van der Waals surface area contributed by atoms with Gasteiger partial charge in [-0.3, -0.25) is 19.3 Å². The number of anilines is 1. The zero-order valence-corrected chi connectivity index (χ0v) is 20.1. The van der Waals surface area contributed by atoms with Crippen LogP contribution in [0.5, 0.6) is 0 Å². The molecular formula is C27H29N5O3. The number of imide groups is 1. The maximum atomic E-state index is 12.8. The lowest BCUT2D eigenvalue weighted by Crippen LogP contribution is -2.49.